The van der Waals surface area contributed by atoms with Gasteiger partial charge in [-0.3, -0.25) is 9.59 Å². The van der Waals surface area contributed by atoms with Crippen LogP contribution >= 0.6 is 0 Å². The van der Waals surface area contributed by atoms with Crippen molar-refractivity contribution in [2.24, 2.45) is 0 Å². The first-order valence-corrected chi connectivity index (χ1v) is 11.4. The first kappa shape index (κ1) is 21.0. The van der Waals surface area contributed by atoms with E-state index in [1.807, 2.05) is 25.1 Å². The van der Waals surface area contributed by atoms with Crippen LogP contribution in [0.1, 0.15) is 17.5 Å². The Labute approximate surface area is 181 Å². The highest BCUT2D eigenvalue weighted by molar-refractivity contribution is 7.89. The number of rotatable bonds is 6. The molecular weight excluding hydrogens is 412 g/mol. The zero-order valence-corrected chi connectivity index (χ0v) is 17.8. The van der Waals surface area contributed by atoms with Crippen LogP contribution in [0.25, 0.3) is 0 Å². The largest absolute Gasteiger partial charge is 0.274 e. The molecule has 0 radical (unpaired) electrons. The van der Waals surface area contributed by atoms with Gasteiger partial charge in [-0.15, -0.1) is 0 Å². The summed E-state index contributed by atoms with van der Waals surface area (Å²) in [5.74, 6) is -0.957. The average Bonchev–Trinajstić information content (AvgIpc) is 3.07. The first-order chi connectivity index (χ1) is 14.9. The van der Waals surface area contributed by atoms with E-state index in [2.05, 4.69) is 0 Å². The van der Waals surface area contributed by atoms with Gasteiger partial charge >= 0.3 is 0 Å². The second-order valence-corrected chi connectivity index (χ2v) is 9.36. The number of benzene rings is 3. The second kappa shape index (κ2) is 8.45. The molecule has 1 aliphatic rings. The number of hydrogen-bond acceptors (Lipinski definition) is 4. The number of carbonyl (C=O) groups excluding carboxylic acids is 2. The van der Waals surface area contributed by atoms with Crippen LogP contribution in [0.2, 0.25) is 0 Å². The molecule has 1 aliphatic heterocycles. The highest BCUT2D eigenvalue weighted by Crippen LogP contribution is 2.30. The minimum absolute atomic E-state index is 0.0105. The van der Waals surface area contributed by atoms with Crippen LogP contribution in [0.15, 0.2) is 89.8 Å². The highest BCUT2D eigenvalue weighted by atomic mass is 32.2. The van der Waals surface area contributed by atoms with E-state index >= 15 is 0 Å². The molecule has 31 heavy (non-hydrogen) atoms. The van der Waals surface area contributed by atoms with Crippen LogP contribution in [0, 0.1) is 6.92 Å². The van der Waals surface area contributed by atoms with Gasteiger partial charge in [0, 0.05) is 6.54 Å². The summed E-state index contributed by atoms with van der Waals surface area (Å²) in [6.45, 7) is 1.86. The minimum atomic E-state index is -4.03. The van der Waals surface area contributed by atoms with Crippen molar-refractivity contribution in [3.05, 3.63) is 96.1 Å². The number of hydrogen-bond donors (Lipinski definition) is 0. The van der Waals surface area contributed by atoms with E-state index in [1.54, 1.807) is 54.6 Å². The Hall–Kier alpha value is -3.29. The molecule has 1 unspecified atom stereocenters. The third kappa shape index (κ3) is 4.15. The quantitative estimate of drug-likeness (QED) is 0.557. The summed E-state index contributed by atoms with van der Waals surface area (Å²) in [6, 6.07) is 23.0. The topological polar surface area (TPSA) is 74.8 Å². The highest BCUT2D eigenvalue weighted by Gasteiger charge is 2.46. The number of nitrogens with zero attached hydrogens (tertiary/aromatic N) is 2. The fourth-order valence-electron chi connectivity index (χ4n) is 3.66. The summed E-state index contributed by atoms with van der Waals surface area (Å²) in [7, 11) is -4.03. The monoisotopic (exact) mass is 434 g/mol. The van der Waals surface area contributed by atoms with Gasteiger partial charge in [-0.05, 0) is 36.8 Å². The average molecular weight is 435 g/mol. The number of anilines is 1. The van der Waals surface area contributed by atoms with Gasteiger partial charge in [-0.25, -0.2) is 13.3 Å². The lowest BCUT2D eigenvalue weighted by Gasteiger charge is -2.27. The molecule has 158 valence electrons. The van der Waals surface area contributed by atoms with Crippen molar-refractivity contribution >= 4 is 27.5 Å². The van der Waals surface area contributed by atoms with Crippen LogP contribution in [-0.2, 0) is 26.2 Å². The molecule has 0 aliphatic carbocycles. The maximum absolute atomic E-state index is 13.6. The van der Waals surface area contributed by atoms with Gasteiger partial charge in [0.05, 0.1) is 17.0 Å². The molecule has 0 saturated carbocycles. The molecule has 0 spiro atoms. The summed E-state index contributed by atoms with van der Waals surface area (Å²) in [5, 5.41) is 0. The molecule has 4 rings (SSSR count). The molecule has 0 N–H and O–H groups in total. The molecule has 0 bridgehead atoms. The molecular formula is C24H22N2O4S. The number of amides is 2. The van der Waals surface area contributed by atoms with Crippen LogP contribution in [0.5, 0.6) is 0 Å². The molecule has 1 heterocycles. The Morgan fingerprint density at radius 2 is 1.45 bits per heavy atom. The van der Waals surface area contributed by atoms with Crippen molar-refractivity contribution in [1.29, 1.82) is 0 Å². The van der Waals surface area contributed by atoms with Crippen molar-refractivity contribution < 1.29 is 18.0 Å². The molecule has 0 aromatic heterocycles. The number of aryl methyl sites for hydroxylation is 1. The van der Waals surface area contributed by atoms with E-state index < -0.39 is 27.9 Å². The normalized spacial score (nSPS) is 16.8. The van der Waals surface area contributed by atoms with Crippen molar-refractivity contribution in [2.75, 3.05) is 4.90 Å². The second-order valence-electron chi connectivity index (χ2n) is 7.47. The van der Waals surface area contributed by atoms with E-state index in [0.29, 0.717) is 5.69 Å². The Bertz CT molecular complexity index is 1190. The molecule has 6 nitrogen and oxygen atoms in total. The van der Waals surface area contributed by atoms with Crippen molar-refractivity contribution in [3.63, 3.8) is 0 Å². The summed E-state index contributed by atoms with van der Waals surface area (Å²) in [6.07, 6.45) is -0.203. The van der Waals surface area contributed by atoms with Crippen LogP contribution < -0.4 is 4.90 Å². The molecule has 3 aromatic carbocycles. The van der Waals surface area contributed by atoms with Gasteiger partial charge in [-0.1, -0.05) is 66.2 Å². The van der Waals surface area contributed by atoms with E-state index in [4.69, 9.17) is 0 Å². The predicted octanol–water partition coefficient (Wildman–Crippen LogP) is 3.52. The van der Waals surface area contributed by atoms with E-state index in [0.717, 1.165) is 20.3 Å². The van der Waals surface area contributed by atoms with Gasteiger partial charge in [0.1, 0.15) is 6.04 Å². The molecule has 1 saturated heterocycles. The third-order valence-corrected chi connectivity index (χ3v) is 7.16. The van der Waals surface area contributed by atoms with Crippen molar-refractivity contribution in [1.82, 2.24) is 4.31 Å². The summed E-state index contributed by atoms with van der Waals surface area (Å²) in [5.41, 5.74) is 2.10. The number of imide groups is 1. The zero-order chi connectivity index (χ0) is 22.0. The summed E-state index contributed by atoms with van der Waals surface area (Å²) >= 11 is 0. The number of para-hydroxylation sites is 1. The van der Waals surface area contributed by atoms with E-state index in [-0.39, 0.29) is 17.9 Å². The summed E-state index contributed by atoms with van der Waals surface area (Å²) in [4.78, 5) is 27.2. The van der Waals surface area contributed by atoms with Crippen LogP contribution in [0.3, 0.4) is 0 Å². The molecule has 3 aromatic rings. The predicted molar refractivity (Wildman–Crippen MR) is 118 cm³/mol. The Morgan fingerprint density at radius 3 is 2.06 bits per heavy atom. The molecule has 1 fully saturated rings. The SMILES string of the molecule is Cc1ccc(S(=O)(=O)N(Cc2ccccc2)C2CC(=O)N(c3ccccc3)C2=O)cc1. The molecule has 2 amide bonds. The lowest BCUT2D eigenvalue weighted by atomic mass is 10.2. The maximum Gasteiger partial charge on any atom is 0.252 e. The number of sulfonamides is 1. The fourth-order valence-corrected chi connectivity index (χ4v) is 5.23. The lowest BCUT2D eigenvalue weighted by Crippen LogP contribution is -2.45. The first-order valence-electron chi connectivity index (χ1n) is 9.92. The van der Waals surface area contributed by atoms with E-state index in [1.165, 1.54) is 12.1 Å². The Morgan fingerprint density at radius 1 is 0.871 bits per heavy atom. The van der Waals surface area contributed by atoms with Gasteiger partial charge in [0.15, 0.2) is 0 Å². The van der Waals surface area contributed by atoms with Crippen molar-refractivity contribution in [3.8, 4) is 0 Å². The van der Waals surface area contributed by atoms with Gasteiger partial charge in [0.2, 0.25) is 15.9 Å². The number of carbonyl (C=O) groups is 2. The zero-order valence-electron chi connectivity index (χ0n) is 17.0. The molecule has 1 atom stereocenters. The van der Waals surface area contributed by atoms with Crippen LogP contribution in [0.4, 0.5) is 5.69 Å². The Balaban J connectivity index is 1.75. The van der Waals surface area contributed by atoms with Crippen molar-refractivity contribution in [2.45, 2.75) is 30.8 Å². The molecule has 7 heteroatoms. The Kier molecular flexibility index (Phi) is 5.71. The smallest absolute Gasteiger partial charge is 0.252 e. The van der Waals surface area contributed by atoms with Gasteiger partial charge in [-0.2, -0.15) is 4.31 Å². The van der Waals surface area contributed by atoms with Gasteiger partial charge < -0.3 is 0 Å². The lowest BCUT2D eigenvalue weighted by molar-refractivity contribution is -0.122. The fraction of sp³-hybridized carbons (Fsp3) is 0.167. The standard InChI is InChI=1S/C24H22N2O4S/c1-18-12-14-21(15-13-18)31(29,30)25(17-19-8-4-2-5-9-19)22-16-23(27)26(24(22)28)20-10-6-3-7-11-20/h2-15,22H,16-17H2,1H3. The van der Waals surface area contributed by atoms with E-state index in [9.17, 15) is 18.0 Å². The maximum atomic E-state index is 13.6. The van der Waals surface area contributed by atoms with Gasteiger partial charge in [0.25, 0.3) is 5.91 Å². The van der Waals surface area contributed by atoms with Crippen LogP contribution in [-0.4, -0.2) is 30.6 Å². The minimum Gasteiger partial charge on any atom is -0.274 e. The summed E-state index contributed by atoms with van der Waals surface area (Å²) < 4.78 is 28.3. The third-order valence-electron chi connectivity index (χ3n) is 5.29.